The number of likely N-dealkylation sites (tertiary alicyclic amines) is 1. The van der Waals surface area contributed by atoms with Crippen molar-refractivity contribution in [2.24, 2.45) is 0 Å². The van der Waals surface area contributed by atoms with Gasteiger partial charge < -0.3 is 5.11 Å². The van der Waals surface area contributed by atoms with Crippen molar-refractivity contribution >= 4 is 6.08 Å². The van der Waals surface area contributed by atoms with Crippen LogP contribution in [0.25, 0.3) is 6.08 Å². The Hall–Kier alpha value is -2.84. The predicted molar refractivity (Wildman–Crippen MR) is 119 cm³/mol. The monoisotopic (exact) mass is 381 g/mol. The van der Waals surface area contributed by atoms with Gasteiger partial charge in [0.25, 0.3) is 0 Å². The Bertz CT molecular complexity index is 1010. The van der Waals surface area contributed by atoms with Crippen LogP contribution < -0.4 is 0 Å². The molecule has 1 heterocycles. The fourth-order valence-corrected chi connectivity index (χ4v) is 5.34. The molecule has 1 aliphatic heterocycles. The largest absolute Gasteiger partial charge is 0.508 e. The van der Waals surface area contributed by atoms with Gasteiger partial charge >= 0.3 is 0 Å². The number of phenolic OH excluding ortho intramolecular Hbond substituents is 1. The minimum Gasteiger partial charge on any atom is -0.508 e. The molecule has 3 aromatic rings. The van der Waals surface area contributed by atoms with Gasteiger partial charge in [0, 0.05) is 18.0 Å². The molecule has 5 rings (SSSR count). The maximum Gasteiger partial charge on any atom is 0.115 e. The molecule has 2 atom stereocenters. The molecule has 1 fully saturated rings. The number of phenols is 1. The summed E-state index contributed by atoms with van der Waals surface area (Å²) in [6.07, 6.45) is 7.80. The van der Waals surface area contributed by atoms with Crippen molar-refractivity contribution in [3.05, 3.63) is 107 Å². The molecule has 1 N–H and O–H groups in total. The lowest BCUT2D eigenvalue weighted by Gasteiger charge is -2.51. The van der Waals surface area contributed by atoms with Gasteiger partial charge in [-0.05, 0) is 60.2 Å². The van der Waals surface area contributed by atoms with E-state index in [2.05, 4.69) is 83.8 Å². The van der Waals surface area contributed by atoms with Crippen LogP contribution in [0, 0.1) is 0 Å². The van der Waals surface area contributed by atoms with Crippen molar-refractivity contribution in [1.29, 1.82) is 0 Å². The standard InChI is InChI=1S/C27H27NO/c29-25-14-13-22-18-24-20-27(26(22)19-25,23-11-5-2-6-12-23)15-17-28(24)16-7-10-21-8-3-1-4-9-21/h1-14,19,24,29H,15-18,20H2/b10-7+. The van der Waals surface area contributed by atoms with Crippen molar-refractivity contribution in [3.63, 3.8) is 0 Å². The first-order valence-corrected chi connectivity index (χ1v) is 10.6. The molecular weight excluding hydrogens is 354 g/mol. The summed E-state index contributed by atoms with van der Waals surface area (Å²) in [5.41, 5.74) is 5.38. The average Bonchev–Trinajstić information content (AvgIpc) is 2.77. The average molecular weight is 382 g/mol. The summed E-state index contributed by atoms with van der Waals surface area (Å²) in [5, 5.41) is 10.2. The van der Waals surface area contributed by atoms with E-state index >= 15 is 0 Å². The van der Waals surface area contributed by atoms with Gasteiger partial charge in [0.15, 0.2) is 0 Å². The maximum absolute atomic E-state index is 10.2. The number of nitrogens with zero attached hydrogens (tertiary/aromatic N) is 1. The Morgan fingerprint density at radius 2 is 1.72 bits per heavy atom. The fraction of sp³-hybridized carbons (Fsp3) is 0.259. The Balaban J connectivity index is 1.45. The van der Waals surface area contributed by atoms with Crippen molar-refractivity contribution < 1.29 is 5.11 Å². The van der Waals surface area contributed by atoms with E-state index in [1.807, 2.05) is 12.1 Å². The fourth-order valence-electron chi connectivity index (χ4n) is 5.34. The topological polar surface area (TPSA) is 23.5 Å². The SMILES string of the molecule is Oc1ccc2c(c1)C1(c3ccccc3)CCN(C/C=C/c3ccccc3)C(C2)C1. The lowest BCUT2D eigenvalue weighted by molar-refractivity contribution is 0.108. The van der Waals surface area contributed by atoms with Gasteiger partial charge in [-0.2, -0.15) is 0 Å². The van der Waals surface area contributed by atoms with Crippen LogP contribution >= 0.6 is 0 Å². The summed E-state index contributed by atoms with van der Waals surface area (Å²) < 4.78 is 0. The molecule has 0 aromatic heterocycles. The number of piperidine rings is 1. The van der Waals surface area contributed by atoms with Gasteiger partial charge in [-0.3, -0.25) is 4.90 Å². The third-order valence-electron chi connectivity index (χ3n) is 6.77. The molecule has 2 unspecified atom stereocenters. The van der Waals surface area contributed by atoms with E-state index in [0.717, 1.165) is 32.4 Å². The molecule has 0 amide bonds. The van der Waals surface area contributed by atoms with E-state index in [0.29, 0.717) is 11.8 Å². The number of hydrogen-bond donors (Lipinski definition) is 1. The molecule has 146 valence electrons. The predicted octanol–water partition coefficient (Wildman–Crippen LogP) is 5.41. The summed E-state index contributed by atoms with van der Waals surface area (Å²) >= 11 is 0. The molecule has 1 aliphatic carbocycles. The summed E-state index contributed by atoms with van der Waals surface area (Å²) in [7, 11) is 0. The molecule has 0 saturated carbocycles. The van der Waals surface area contributed by atoms with Crippen molar-refractivity contribution in [2.75, 3.05) is 13.1 Å². The molecule has 0 radical (unpaired) electrons. The van der Waals surface area contributed by atoms with Gasteiger partial charge in [0.05, 0.1) is 0 Å². The second kappa shape index (κ2) is 7.53. The van der Waals surface area contributed by atoms with Crippen LogP contribution in [0.4, 0.5) is 0 Å². The van der Waals surface area contributed by atoms with Crippen molar-refractivity contribution in [1.82, 2.24) is 4.90 Å². The second-order valence-electron chi connectivity index (χ2n) is 8.41. The molecular formula is C27H27NO. The van der Waals surface area contributed by atoms with E-state index in [9.17, 15) is 5.11 Å². The first-order valence-electron chi connectivity index (χ1n) is 10.6. The van der Waals surface area contributed by atoms with Crippen LogP contribution in [0.5, 0.6) is 5.75 Å². The van der Waals surface area contributed by atoms with Crippen molar-refractivity contribution in [3.8, 4) is 5.75 Å². The van der Waals surface area contributed by atoms with Gasteiger partial charge in [-0.15, -0.1) is 0 Å². The van der Waals surface area contributed by atoms with E-state index in [4.69, 9.17) is 0 Å². The molecule has 2 nitrogen and oxygen atoms in total. The summed E-state index contributed by atoms with van der Waals surface area (Å²) in [6, 6.07) is 28.0. The molecule has 3 aromatic carbocycles. The Labute approximate surface area is 173 Å². The molecule has 0 spiro atoms. The van der Waals surface area contributed by atoms with Crippen LogP contribution in [0.3, 0.4) is 0 Å². The zero-order valence-corrected chi connectivity index (χ0v) is 16.7. The zero-order valence-electron chi connectivity index (χ0n) is 16.7. The number of rotatable bonds is 4. The zero-order chi connectivity index (χ0) is 19.7. The first kappa shape index (κ1) is 18.2. The Morgan fingerprint density at radius 3 is 2.52 bits per heavy atom. The summed E-state index contributed by atoms with van der Waals surface area (Å²) in [5.74, 6) is 0.380. The third kappa shape index (κ3) is 3.38. The molecule has 29 heavy (non-hydrogen) atoms. The Kier molecular flexibility index (Phi) is 4.73. The number of benzene rings is 3. The van der Waals surface area contributed by atoms with Crippen LogP contribution in [-0.4, -0.2) is 29.1 Å². The second-order valence-corrected chi connectivity index (χ2v) is 8.41. The maximum atomic E-state index is 10.2. The highest BCUT2D eigenvalue weighted by atomic mass is 16.3. The molecule has 1 saturated heterocycles. The minimum atomic E-state index is 0.0118. The number of aromatic hydroxyl groups is 1. The van der Waals surface area contributed by atoms with Gasteiger partial charge in [-0.25, -0.2) is 0 Å². The highest BCUT2D eigenvalue weighted by molar-refractivity contribution is 5.51. The quantitative estimate of drug-likeness (QED) is 0.653. The Morgan fingerprint density at radius 1 is 0.966 bits per heavy atom. The number of fused-ring (bicyclic) bond motifs is 4. The van der Waals surface area contributed by atoms with Crippen LogP contribution in [0.1, 0.15) is 35.1 Å². The van der Waals surface area contributed by atoms with Crippen molar-refractivity contribution in [2.45, 2.75) is 30.7 Å². The van der Waals surface area contributed by atoms with E-state index in [1.54, 1.807) is 0 Å². The van der Waals surface area contributed by atoms with Gasteiger partial charge in [-0.1, -0.05) is 78.9 Å². The molecule has 2 bridgehead atoms. The lowest BCUT2D eigenvalue weighted by atomic mass is 9.60. The van der Waals surface area contributed by atoms with E-state index in [-0.39, 0.29) is 5.41 Å². The number of hydrogen-bond acceptors (Lipinski definition) is 2. The van der Waals surface area contributed by atoms with Crippen LogP contribution in [0.15, 0.2) is 84.9 Å². The smallest absolute Gasteiger partial charge is 0.115 e. The van der Waals surface area contributed by atoms with E-state index < -0.39 is 0 Å². The first-order chi connectivity index (χ1) is 14.2. The van der Waals surface area contributed by atoms with E-state index in [1.165, 1.54) is 22.3 Å². The summed E-state index contributed by atoms with van der Waals surface area (Å²) in [4.78, 5) is 2.64. The van der Waals surface area contributed by atoms with Gasteiger partial charge in [0.1, 0.15) is 5.75 Å². The van der Waals surface area contributed by atoms with Crippen LogP contribution in [-0.2, 0) is 11.8 Å². The molecule has 2 aliphatic rings. The minimum absolute atomic E-state index is 0.0118. The van der Waals surface area contributed by atoms with Gasteiger partial charge in [0.2, 0.25) is 0 Å². The highest BCUT2D eigenvalue weighted by Crippen LogP contribution is 2.49. The molecule has 2 heteroatoms. The normalized spacial score (nSPS) is 23.8. The highest BCUT2D eigenvalue weighted by Gasteiger charge is 2.46. The summed E-state index contributed by atoms with van der Waals surface area (Å²) in [6.45, 7) is 2.06. The lowest BCUT2D eigenvalue weighted by Crippen LogP contribution is -2.53. The van der Waals surface area contributed by atoms with Crippen LogP contribution in [0.2, 0.25) is 0 Å². The third-order valence-corrected chi connectivity index (χ3v) is 6.77.